The van der Waals surface area contributed by atoms with E-state index in [1.165, 1.54) is 6.08 Å². The van der Waals surface area contributed by atoms with Crippen LogP contribution in [0.1, 0.15) is 41.6 Å². The summed E-state index contributed by atoms with van der Waals surface area (Å²) in [6.45, 7) is 2.71. The summed E-state index contributed by atoms with van der Waals surface area (Å²) in [4.78, 5) is 29.5. The quantitative estimate of drug-likeness (QED) is 0.644. The first-order valence-corrected chi connectivity index (χ1v) is 10.5. The summed E-state index contributed by atoms with van der Waals surface area (Å²) in [5.41, 5.74) is -0.423. The van der Waals surface area contributed by atoms with Gasteiger partial charge in [0.15, 0.2) is 5.82 Å². The maximum absolute atomic E-state index is 13.4. The summed E-state index contributed by atoms with van der Waals surface area (Å²) < 4.78 is 45.3. The number of imide groups is 1. The number of rotatable bonds is 3. The fourth-order valence-corrected chi connectivity index (χ4v) is 4.64. The number of carbonyl (C=O) groups is 2. The van der Waals surface area contributed by atoms with Crippen LogP contribution in [0.3, 0.4) is 0 Å². The van der Waals surface area contributed by atoms with Gasteiger partial charge >= 0.3 is 6.18 Å². The summed E-state index contributed by atoms with van der Waals surface area (Å²) in [6.07, 6.45) is -2.06. The zero-order chi connectivity index (χ0) is 22.3. The van der Waals surface area contributed by atoms with Crippen molar-refractivity contribution in [2.75, 3.05) is 18.0 Å². The van der Waals surface area contributed by atoms with Crippen LogP contribution >= 0.6 is 23.4 Å². The summed E-state index contributed by atoms with van der Waals surface area (Å²) >= 11 is 6.93. The first-order chi connectivity index (χ1) is 14.6. The van der Waals surface area contributed by atoms with Gasteiger partial charge in [-0.3, -0.25) is 14.9 Å². The molecule has 0 aliphatic carbocycles. The van der Waals surface area contributed by atoms with Crippen LogP contribution < -0.4 is 10.2 Å². The number of benzene rings is 1. The van der Waals surface area contributed by atoms with Gasteiger partial charge in [0.1, 0.15) is 0 Å². The third kappa shape index (κ3) is 4.57. The van der Waals surface area contributed by atoms with Crippen LogP contribution in [0.5, 0.6) is 0 Å². The number of nitrogens with one attached hydrogen (secondary N) is 1. The highest BCUT2D eigenvalue weighted by Crippen LogP contribution is 2.42. The van der Waals surface area contributed by atoms with Gasteiger partial charge in [-0.25, -0.2) is 0 Å². The largest absolute Gasteiger partial charge is 0.416 e. The van der Waals surface area contributed by atoms with E-state index in [4.69, 9.17) is 16.1 Å². The molecule has 2 aromatic rings. The molecule has 0 bridgehead atoms. The maximum Gasteiger partial charge on any atom is 0.416 e. The van der Waals surface area contributed by atoms with Gasteiger partial charge in [0.2, 0.25) is 5.89 Å². The average molecular weight is 473 g/mol. The molecule has 0 unspecified atom stereocenters. The van der Waals surface area contributed by atoms with Crippen LogP contribution in [0.2, 0.25) is 5.02 Å². The van der Waals surface area contributed by atoms with Gasteiger partial charge in [-0.15, -0.1) is 0 Å². The minimum absolute atomic E-state index is 0.0119. The Labute approximate surface area is 184 Å². The second-order valence-electron chi connectivity index (χ2n) is 7.19. The molecular formula is C19H16ClF3N4O3S. The second kappa shape index (κ2) is 8.19. The van der Waals surface area contributed by atoms with Gasteiger partial charge in [-0.2, -0.15) is 18.2 Å². The van der Waals surface area contributed by atoms with Gasteiger partial charge in [0.25, 0.3) is 11.1 Å². The lowest BCUT2D eigenvalue weighted by Gasteiger charge is -2.34. The molecule has 1 N–H and O–H groups in total. The molecule has 1 aromatic heterocycles. The van der Waals surface area contributed by atoms with Crippen LogP contribution in [0, 0.1) is 6.92 Å². The van der Waals surface area contributed by atoms with Crippen molar-refractivity contribution in [2.24, 2.45) is 0 Å². The topological polar surface area (TPSA) is 88.3 Å². The molecule has 0 radical (unpaired) electrons. The maximum atomic E-state index is 13.4. The van der Waals surface area contributed by atoms with Crippen LogP contribution in [0.25, 0.3) is 6.08 Å². The van der Waals surface area contributed by atoms with E-state index >= 15 is 0 Å². The highest BCUT2D eigenvalue weighted by molar-refractivity contribution is 8.18. The minimum atomic E-state index is -4.61. The lowest BCUT2D eigenvalue weighted by molar-refractivity contribution is -0.137. The van der Waals surface area contributed by atoms with Gasteiger partial charge in [0.05, 0.1) is 21.2 Å². The number of hydrogen-bond donors (Lipinski definition) is 1. The molecule has 7 nitrogen and oxygen atoms in total. The van der Waals surface area contributed by atoms with E-state index in [-0.39, 0.29) is 21.4 Å². The number of amides is 2. The Morgan fingerprint density at radius 1 is 1.29 bits per heavy atom. The van der Waals surface area contributed by atoms with Crippen molar-refractivity contribution in [3.63, 3.8) is 0 Å². The number of thioether (sulfide) groups is 1. The van der Waals surface area contributed by atoms with E-state index < -0.39 is 22.9 Å². The number of anilines is 1. The normalized spacial score (nSPS) is 19.4. The Morgan fingerprint density at radius 2 is 2.00 bits per heavy atom. The Morgan fingerprint density at radius 3 is 2.55 bits per heavy atom. The summed E-state index contributed by atoms with van der Waals surface area (Å²) in [7, 11) is 0. The molecule has 12 heteroatoms. The van der Waals surface area contributed by atoms with Gasteiger partial charge in [-0.05, 0) is 49.7 Å². The highest BCUT2D eigenvalue weighted by atomic mass is 35.5. The van der Waals surface area contributed by atoms with Gasteiger partial charge in [0, 0.05) is 24.6 Å². The van der Waals surface area contributed by atoms with E-state index in [0.29, 0.717) is 55.1 Å². The molecule has 3 heterocycles. The Bertz CT molecular complexity index is 1080. The molecule has 0 atom stereocenters. The predicted octanol–water partition coefficient (Wildman–Crippen LogP) is 4.76. The monoisotopic (exact) mass is 472 g/mol. The van der Waals surface area contributed by atoms with Crippen molar-refractivity contribution < 1.29 is 27.3 Å². The number of hydrogen-bond acceptors (Lipinski definition) is 7. The van der Waals surface area contributed by atoms with E-state index in [9.17, 15) is 22.8 Å². The van der Waals surface area contributed by atoms with E-state index in [2.05, 4.69) is 15.5 Å². The van der Waals surface area contributed by atoms with E-state index in [1.54, 1.807) is 6.92 Å². The van der Waals surface area contributed by atoms with Crippen molar-refractivity contribution in [3.8, 4) is 0 Å². The number of aryl methyl sites for hydroxylation is 1. The molecule has 164 valence electrons. The van der Waals surface area contributed by atoms with Crippen molar-refractivity contribution in [3.05, 3.63) is 44.9 Å². The van der Waals surface area contributed by atoms with E-state index in [1.807, 2.05) is 4.90 Å². The molecule has 4 rings (SSSR count). The van der Waals surface area contributed by atoms with Crippen molar-refractivity contribution >= 4 is 46.3 Å². The van der Waals surface area contributed by atoms with E-state index in [0.717, 1.165) is 12.1 Å². The number of aromatic nitrogens is 2. The molecular weight excluding hydrogens is 457 g/mol. The van der Waals surface area contributed by atoms with Crippen molar-refractivity contribution in [1.29, 1.82) is 0 Å². The number of alkyl halides is 3. The number of carbonyl (C=O) groups excluding carboxylic acids is 2. The molecule has 0 spiro atoms. The fourth-order valence-electron chi connectivity index (χ4n) is 3.62. The fraction of sp³-hybridized carbons (Fsp3) is 0.368. The van der Waals surface area contributed by atoms with Gasteiger partial charge < -0.3 is 9.42 Å². The molecule has 2 amide bonds. The smallest absolute Gasteiger partial charge is 0.370 e. The molecule has 2 saturated heterocycles. The first kappa shape index (κ1) is 21.7. The first-order valence-electron chi connectivity index (χ1n) is 9.32. The summed E-state index contributed by atoms with van der Waals surface area (Å²) in [6, 6.07) is 1.82. The van der Waals surface area contributed by atoms with Crippen LogP contribution in [0.4, 0.5) is 23.7 Å². The third-order valence-corrected chi connectivity index (χ3v) is 6.15. The Balaban J connectivity index is 1.67. The van der Waals surface area contributed by atoms with Crippen molar-refractivity contribution in [1.82, 2.24) is 15.5 Å². The standard InChI is InChI=1S/C19H16ClF3N4O3S/c1-9-24-17(30-26-9)10-2-4-27(5-3-10)15-11(7-14-16(28)25-18(29)31-14)6-12(8-13(15)20)19(21,22)23/h6-8,10H,2-5H2,1H3,(H,25,28,29)/b14-7-. The van der Waals surface area contributed by atoms with Crippen molar-refractivity contribution in [2.45, 2.75) is 31.9 Å². The number of piperidine rings is 1. The molecule has 31 heavy (non-hydrogen) atoms. The lowest BCUT2D eigenvalue weighted by atomic mass is 9.95. The highest BCUT2D eigenvalue weighted by Gasteiger charge is 2.34. The zero-order valence-corrected chi connectivity index (χ0v) is 17.7. The number of halogens is 4. The Hall–Kier alpha value is -2.53. The summed E-state index contributed by atoms with van der Waals surface area (Å²) in [5.74, 6) is 0.468. The molecule has 2 aliphatic rings. The molecule has 1 aromatic carbocycles. The number of nitrogens with zero attached hydrogens (tertiary/aromatic N) is 3. The molecule has 0 saturated carbocycles. The molecule has 2 fully saturated rings. The SMILES string of the molecule is Cc1noc(C2CCN(c3c(Cl)cc(C(F)(F)F)cc3/C=C3\SC(=O)NC3=O)CC2)n1. The van der Waals surface area contributed by atoms with Crippen LogP contribution in [-0.2, 0) is 11.0 Å². The summed E-state index contributed by atoms with van der Waals surface area (Å²) in [5, 5.41) is 5.24. The van der Waals surface area contributed by atoms with Gasteiger partial charge in [-0.1, -0.05) is 16.8 Å². The third-order valence-electron chi connectivity index (χ3n) is 5.05. The van der Waals surface area contributed by atoms with Crippen LogP contribution in [-0.4, -0.2) is 34.4 Å². The molecule has 2 aliphatic heterocycles. The zero-order valence-electron chi connectivity index (χ0n) is 16.1. The van der Waals surface area contributed by atoms with Crippen LogP contribution in [0.15, 0.2) is 21.6 Å². The average Bonchev–Trinajstić information content (AvgIpc) is 3.26. The minimum Gasteiger partial charge on any atom is -0.370 e. The predicted molar refractivity (Wildman–Crippen MR) is 109 cm³/mol. The lowest BCUT2D eigenvalue weighted by Crippen LogP contribution is -2.33. The second-order valence-corrected chi connectivity index (χ2v) is 8.61. The Kier molecular flexibility index (Phi) is 5.73.